The number of aryl methyl sites for hydroxylation is 3. The van der Waals surface area contributed by atoms with Crippen molar-refractivity contribution in [1.29, 1.82) is 0 Å². The molecule has 8 nitrogen and oxygen atoms in total. The lowest BCUT2D eigenvalue weighted by atomic mass is 10.0. The van der Waals surface area contributed by atoms with Gasteiger partial charge in [0.15, 0.2) is 0 Å². The molecule has 1 aliphatic rings. The molecular formula is C28H35Cl2N5O3S. The molecule has 2 aromatic carbocycles. The Morgan fingerprint density at radius 1 is 1.03 bits per heavy atom. The minimum Gasteiger partial charge on any atom is -0.337 e. The van der Waals surface area contributed by atoms with E-state index in [1.54, 1.807) is 12.1 Å². The first kappa shape index (κ1) is 29.6. The highest BCUT2D eigenvalue weighted by atomic mass is 35.5. The van der Waals surface area contributed by atoms with Crippen LogP contribution in [-0.2, 0) is 22.9 Å². The monoisotopic (exact) mass is 591 g/mol. The van der Waals surface area contributed by atoms with Crippen LogP contribution in [0.1, 0.15) is 29.7 Å². The van der Waals surface area contributed by atoms with Gasteiger partial charge in [-0.1, -0.05) is 24.3 Å². The smallest absolute Gasteiger partial charge is 0.319 e. The number of hydrogen-bond acceptors (Lipinski definition) is 5. The summed E-state index contributed by atoms with van der Waals surface area (Å²) in [6, 6.07) is 14.4. The molecule has 1 aliphatic heterocycles. The molecule has 2 amide bonds. The number of nitrogens with zero attached hydrogens (tertiary/aromatic N) is 2. The number of likely N-dealkylation sites (tertiary alicyclic amines) is 1. The van der Waals surface area contributed by atoms with Gasteiger partial charge in [0.25, 0.3) is 0 Å². The second-order valence-electron chi connectivity index (χ2n) is 9.75. The third-order valence-electron chi connectivity index (χ3n) is 6.93. The fourth-order valence-electron chi connectivity index (χ4n) is 4.92. The normalized spacial score (nSPS) is 14.9. The number of rotatable bonds is 11. The maximum absolute atomic E-state index is 13.1. The van der Waals surface area contributed by atoms with E-state index in [0.29, 0.717) is 50.5 Å². The van der Waals surface area contributed by atoms with Crippen LogP contribution in [0.15, 0.2) is 53.4 Å². The molecule has 2 heterocycles. The van der Waals surface area contributed by atoms with Crippen LogP contribution in [0.3, 0.4) is 0 Å². The Hall–Kier alpha value is -2.43. The Morgan fingerprint density at radius 3 is 2.49 bits per heavy atom. The van der Waals surface area contributed by atoms with Crippen molar-refractivity contribution in [3.63, 3.8) is 0 Å². The van der Waals surface area contributed by atoms with Gasteiger partial charge in [0.2, 0.25) is 10.0 Å². The predicted molar refractivity (Wildman–Crippen MR) is 159 cm³/mol. The minimum atomic E-state index is -3.64. The summed E-state index contributed by atoms with van der Waals surface area (Å²) in [6.45, 7) is 4.57. The number of anilines is 1. The maximum Gasteiger partial charge on any atom is 0.319 e. The van der Waals surface area contributed by atoms with E-state index in [4.69, 9.17) is 23.2 Å². The van der Waals surface area contributed by atoms with Gasteiger partial charge in [-0.05, 0) is 81.1 Å². The summed E-state index contributed by atoms with van der Waals surface area (Å²) in [6.07, 6.45) is 2.68. The summed E-state index contributed by atoms with van der Waals surface area (Å²) in [4.78, 5) is 19.5. The van der Waals surface area contributed by atoms with Gasteiger partial charge in [-0.3, -0.25) is 4.98 Å². The molecule has 1 fully saturated rings. The molecule has 1 saturated heterocycles. The molecule has 0 atom stereocenters. The largest absolute Gasteiger partial charge is 0.337 e. The zero-order chi connectivity index (χ0) is 27.8. The summed E-state index contributed by atoms with van der Waals surface area (Å²) in [5, 5.41) is 6.75. The van der Waals surface area contributed by atoms with Crippen molar-refractivity contribution in [2.45, 2.75) is 43.5 Å². The van der Waals surface area contributed by atoms with E-state index in [9.17, 15) is 13.2 Å². The Kier molecular flexibility index (Phi) is 10.4. The number of carbonyl (C=O) groups excluding carboxylic acids is 1. The maximum atomic E-state index is 13.1. The van der Waals surface area contributed by atoms with E-state index >= 15 is 0 Å². The van der Waals surface area contributed by atoms with Gasteiger partial charge in [0.05, 0.1) is 16.1 Å². The van der Waals surface area contributed by atoms with Crippen LogP contribution < -0.4 is 15.4 Å². The zero-order valence-corrected chi connectivity index (χ0v) is 24.4. The highest BCUT2D eigenvalue weighted by Crippen LogP contribution is 2.23. The van der Waals surface area contributed by atoms with Crippen LogP contribution in [0, 0.1) is 6.92 Å². The Bertz CT molecular complexity index is 1400. The van der Waals surface area contributed by atoms with Gasteiger partial charge in [0, 0.05) is 42.0 Å². The van der Waals surface area contributed by atoms with Gasteiger partial charge in [-0.25, -0.2) is 17.9 Å². The molecule has 0 spiro atoms. The Labute approximate surface area is 240 Å². The van der Waals surface area contributed by atoms with Crippen LogP contribution in [0.25, 0.3) is 10.9 Å². The number of amides is 2. The number of para-hydroxylation sites is 1. The molecule has 1 aromatic heterocycles. The second-order valence-corrected chi connectivity index (χ2v) is 12.2. The van der Waals surface area contributed by atoms with Crippen LogP contribution in [0.2, 0.25) is 0 Å². The van der Waals surface area contributed by atoms with E-state index in [1.807, 2.05) is 43.3 Å². The van der Waals surface area contributed by atoms with Gasteiger partial charge in [-0.2, -0.15) is 0 Å². The van der Waals surface area contributed by atoms with Gasteiger partial charge < -0.3 is 15.5 Å². The number of piperidine rings is 1. The minimum absolute atomic E-state index is 0.135. The van der Waals surface area contributed by atoms with Crippen molar-refractivity contribution in [1.82, 2.24) is 19.9 Å². The van der Waals surface area contributed by atoms with Crippen molar-refractivity contribution in [3.8, 4) is 0 Å². The Morgan fingerprint density at radius 2 is 1.74 bits per heavy atom. The lowest BCUT2D eigenvalue weighted by Gasteiger charge is -2.32. The lowest BCUT2D eigenvalue weighted by molar-refractivity contribution is 0.206. The number of pyridine rings is 1. The number of aromatic nitrogens is 1. The third kappa shape index (κ3) is 8.05. The summed E-state index contributed by atoms with van der Waals surface area (Å²) in [7, 11) is -3.64. The lowest BCUT2D eigenvalue weighted by Crippen LogP contribution is -2.46. The summed E-state index contributed by atoms with van der Waals surface area (Å²) in [5.41, 5.74) is 4.36. The second kappa shape index (κ2) is 13.8. The number of urea groups is 1. The van der Waals surface area contributed by atoms with Crippen LogP contribution in [-0.4, -0.2) is 68.3 Å². The average molecular weight is 593 g/mol. The molecule has 210 valence electrons. The molecule has 0 radical (unpaired) electrons. The highest BCUT2D eigenvalue weighted by Gasteiger charge is 2.25. The summed E-state index contributed by atoms with van der Waals surface area (Å²) >= 11 is 11.8. The molecule has 3 N–H and O–H groups in total. The van der Waals surface area contributed by atoms with Gasteiger partial charge >= 0.3 is 6.03 Å². The SMILES string of the molecule is Cc1cc(NC(=O)NCCN2CCC(NS(=O)(=O)c3ccc(CCCl)c(CCCl)c3)CC2)c2ccccc2n1. The summed E-state index contributed by atoms with van der Waals surface area (Å²) in [5.74, 6) is 0.890. The Balaban J connectivity index is 1.23. The van der Waals surface area contributed by atoms with E-state index in [0.717, 1.165) is 46.5 Å². The highest BCUT2D eigenvalue weighted by molar-refractivity contribution is 7.89. The fourth-order valence-corrected chi connectivity index (χ4v) is 6.68. The standard InChI is InChI=1S/C28H35Cl2N5O3S/c1-20-18-27(25-4-2-3-5-26(25)32-20)33-28(36)31-14-17-35-15-10-23(11-16-35)34-39(37,38)24-7-6-21(8-12-29)22(19-24)9-13-30/h2-7,18-19,23,34H,8-17H2,1H3,(H2,31,32,33,36). The number of sulfonamides is 1. The van der Waals surface area contributed by atoms with Crippen molar-refractivity contribution in [2.24, 2.45) is 0 Å². The first-order valence-corrected chi connectivity index (χ1v) is 15.7. The van der Waals surface area contributed by atoms with Gasteiger partial charge in [0.1, 0.15) is 0 Å². The number of alkyl halides is 2. The third-order valence-corrected chi connectivity index (χ3v) is 8.83. The zero-order valence-electron chi connectivity index (χ0n) is 22.1. The predicted octanol–water partition coefficient (Wildman–Crippen LogP) is 4.67. The number of fused-ring (bicyclic) bond motifs is 1. The van der Waals surface area contributed by atoms with Crippen molar-refractivity contribution in [3.05, 3.63) is 65.4 Å². The van der Waals surface area contributed by atoms with Crippen LogP contribution in [0.4, 0.5) is 10.5 Å². The van der Waals surface area contributed by atoms with E-state index in [-0.39, 0.29) is 17.0 Å². The quantitative estimate of drug-likeness (QED) is 0.281. The number of hydrogen-bond donors (Lipinski definition) is 3. The number of nitrogens with one attached hydrogen (secondary N) is 3. The molecular weight excluding hydrogens is 557 g/mol. The topological polar surface area (TPSA) is 103 Å². The van der Waals surface area contributed by atoms with E-state index < -0.39 is 10.0 Å². The molecule has 4 rings (SSSR count). The fraction of sp³-hybridized carbons (Fsp3) is 0.429. The first-order valence-electron chi connectivity index (χ1n) is 13.2. The molecule has 0 unspecified atom stereocenters. The number of benzene rings is 2. The van der Waals surface area contributed by atoms with Crippen molar-refractivity contribution >= 4 is 55.8 Å². The van der Waals surface area contributed by atoms with Crippen LogP contribution >= 0.6 is 23.2 Å². The van der Waals surface area contributed by atoms with E-state index in [2.05, 4.69) is 25.2 Å². The molecule has 0 bridgehead atoms. The van der Waals surface area contributed by atoms with Crippen molar-refractivity contribution < 1.29 is 13.2 Å². The van der Waals surface area contributed by atoms with Crippen molar-refractivity contribution in [2.75, 3.05) is 43.3 Å². The van der Waals surface area contributed by atoms with Gasteiger partial charge in [-0.15, -0.1) is 23.2 Å². The number of carbonyl (C=O) groups is 1. The molecule has 39 heavy (non-hydrogen) atoms. The van der Waals surface area contributed by atoms with E-state index in [1.165, 1.54) is 0 Å². The van der Waals surface area contributed by atoms with Crippen LogP contribution in [0.5, 0.6) is 0 Å². The molecule has 3 aromatic rings. The molecule has 0 saturated carbocycles. The summed E-state index contributed by atoms with van der Waals surface area (Å²) < 4.78 is 29.0. The molecule has 0 aliphatic carbocycles. The average Bonchev–Trinajstić information content (AvgIpc) is 2.90. The molecule has 11 heteroatoms. The number of halogens is 2. The first-order chi connectivity index (χ1) is 18.8.